The fourth-order valence-electron chi connectivity index (χ4n) is 2.97. The number of carbonyl (C=O) groups excluding carboxylic acids is 1. The molecule has 1 unspecified atom stereocenters. The molecule has 0 aliphatic rings. The molecule has 0 saturated carbocycles. The zero-order valence-electron chi connectivity index (χ0n) is 15.9. The van der Waals surface area contributed by atoms with Crippen molar-refractivity contribution >= 4 is 29.0 Å². The van der Waals surface area contributed by atoms with Gasteiger partial charge >= 0.3 is 0 Å². The summed E-state index contributed by atoms with van der Waals surface area (Å²) in [5, 5.41) is 14.5. The van der Waals surface area contributed by atoms with Gasteiger partial charge in [0.25, 0.3) is 0 Å². The van der Waals surface area contributed by atoms with E-state index in [1.807, 2.05) is 89.7 Å². The second kappa shape index (κ2) is 9.07. The molecular weight excluding hydrogens is 400 g/mol. The average molecular weight is 421 g/mol. The minimum Gasteiger partial charge on any atom is -0.348 e. The molecule has 0 spiro atoms. The Balaban J connectivity index is 1.54. The highest BCUT2D eigenvalue weighted by molar-refractivity contribution is 7.99. The molecule has 0 aliphatic heterocycles. The summed E-state index contributed by atoms with van der Waals surface area (Å²) < 4.78 is 2.00. The van der Waals surface area contributed by atoms with E-state index >= 15 is 0 Å². The van der Waals surface area contributed by atoms with Crippen molar-refractivity contribution in [1.82, 2.24) is 20.1 Å². The van der Waals surface area contributed by atoms with Crippen LogP contribution in [0.2, 0.25) is 0 Å². The fraction of sp³-hybridized carbons (Fsp3) is 0.136. The summed E-state index contributed by atoms with van der Waals surface area (Å²) in [7, 11) is 0. The molecule has 0 saturated heterocycles. The quantitative estimate of drug-likeness (QED) is 0.429. The number of nitrogens with zero attached hydrogens (tertiary/aromatic N) is 3. The summed E-state index contributed by atoms with van der Waals surface area (Å²) in [6, 6.07) is 23.9. The van der Waals surface area contributed by atoms with E-state index in [1.165, 1.54) is 11.8 Å². The molecule has 0 radical (unpaired) electrons. The predicted octanol–water partition coefficient (Wildman–Crippen LogP) is 4.97. The van der Waals surface area contributed by atoms with Gasteiger partial charge in [-0.2, -0.15) is 0 Å². The van der Waals surface area contributed by atoms with Crippen LogP contribution in [0.1, 0.15) is 17.8 Å². The summed E-state index contributed by atoms with van der Waals surface area (Å²) >= 11 is 3.03. The van der Waals surface area contributed by atoms with Crippen LogP contribution in [0.15, 0.2) is 83.3 Å². The lowest BCUT2D eigenvalue weighted by Crippen LogP contribution is -2.27. The Morgan fingerprint density at radius 1 is 1.03 bits per heavy atom. The number of hydrogen-bond acceptors (Lipinski definition) is 5. The van der Waals surface area contributed by atoms with E-state index < -0.39 is 0 Å². The van der Waals surface area contributed by atoms with Crippen LogP contribution in [-0.4, -0.2) is 26.4 Å². The van der Waals surface area contributed by atoms with E-state index in [1.54, 1.807) is 11.3 Å². The molecular formula is C22H20N4OS2. The number of rotatable bonds is 7. The molecule has 1 N–H and O–H groups in total. The third-order valence-corrected chi connectivity index (χ3v) is 6.34. The van der Waals surface area contributed by atoms with Gasteiger partial charge in [-0.25, -0.2) is 0 Å². The van der Waals surface area contributed by atoms with E-state index in [4.69, 9.17) is 0 Å². The van der Waals surface area contributed by atoms with Crippen LogP contribution in [0.25, 0.3) is 17.1 Å². The van der Waals surface area contributed by atoms with Crippen molar-refractivity contribution in [3.63, 3.8) is 0 Å². The Hall–Kier alpha value is -2.90. The maximum Gasteiger partial charge on any atom is 0.230 e. The first-order valence-electron chi connectivity index (χ1n) is 9.24. The number of thiophene rings is 1. The Morgan fingerprint density at radius 3 is 2.45 bits per heavy atom. The van der Waals surface area contributed by atoms with Crippen LogP contribution >= 0.6 is 23.1 Å². The van der Waals surface area contributed by atoms with Crippen molar-refractivity contribution in [1.29, 1.82) is 0 Å². The molecule has 5 nitrogen and oxygen atoms in total. The summed E-state index contributed by atoms with van der Waals surface area (Å²) in [6.45, 7) is 1.99. The van der Waals surface area contributed by atoms with Crippen molar-refractivity contribution in [2.45, 2.75) is 18.1 Å². The number of aromatic nitrogens is 3. The zero-order chi connectivity index (χ0) is 20.1. The second-order valence-corrected chi connectivity index (χ2v) is 8.36. The fourth-order valence-corrected chi connectivity index (χ4v) is 4.47. The van der Waals surface area contributed by atoms with Gasteiger partial charge in [-0.1, -0.05) is 66.4 Å². The molecule has 7 heteroatoms. The molecule has 2 aromatic heterocycles. The summed E-state index contributed by atoms with van der Waals surface area (Å²) in [5.41, 5.74) is 1.94. The SMILES string of the molecule is CC(NC(=O)CSc1nnc(-c2ccccc2)n1-c1ccccc1)c1cccs1. The van der Waals surface area contributed by atoms with Crippen LogP contribution in [-0.2, 0) is 4.79 Å². The van der Waals surface area contributed by atoms with Crippen molar-refractivity contribution in [2.75, 3.05) is 5.75 Å². The molecule has 2 aromatic carbocycles. The average Bonchev–Trinajstić information content (AvgIpc) is 3.44. The molecule has 0 bridgehead atoms. The Kier molecular flexibility index (Phi) is 6.07. The number of benzene rings is 2. The first kappa shape index (κ1) is 19.4. The lowest BCUT2D eigenvalue weighted by molar-refractivity contribution is -0.119. The molecule has 4 rings (SSSR count). The molecule has 2 heterocycles. The summed E-state index contributed by atoms with van der Waals surface area (Å²) in [6.07, 6.45) is 0. The third kappa shape index (κ3) is 4.58. The van der Waals surface area contributed by atoms with Gasteiger partial charge < -0.3 is 5.32 Å². The largest absolute Gasteiger partial charge is 0.348 e. The van der Waals surface area contributed by atoms with Crippen molar-refractivity contribution < 1.29 is 4.79 Å². The van der Waals surface area contributed by atoms with Gasteiger partial charge in [-0.3, -0.25) is 9.36 Å². The summed E-state index contributed by atoms with van der Waals surface area (Å²) in [4.78, 5) is 13.6. The third-order valence-electron chi connectivity index (χ3n) is 4.36. The smallest absolute Gasteiger partial charge is 0.230 e. The maximum atomic E-state index is 12.5. The zero-order valence-corrected chi connectivity index (χ0v) is 17.5. The second-order valence-electron chi connectivity index (χ2n) is 6.44. The van der Waals surface area contributed by atoms with Crippen LogP contribution in [0.5, 0.6) is 0 Å². The molecule has 4 aromatic rings. The molecule has 146 valence electrons. The minimum atomic E-state index is -0.0280. The Morgan fingerprint density at radius 2 is 1.76 bits per heavy atom. The van der Waals surface area contributed by atoms with E-state index in [2.05, 4.69) is 15.5 Å². The molecule has 1 amide bonds. The highest BCUT2D eigenvalue weighted by atomic mass is 32.2. The first-order chi connectivity index (χ1) is 14.2. The van der Waals surface area contributed by atoms with E-state index in [0.29, 0.717) is 5.16 Å². The van der Waals surface area contributed by atoms with Crippen LogP contribution < -0.4 is 5.32 Å². The molecule has 1 atom stereocenters. The van der Waals surface area contributed by atoms with Gasteiger partial charge in [-0.05, 0) is 30.5 Å². The monoisotopic (exact) mass is 420 g/mol. The van der Waals surface area contributed by atoms with Crippen molar-refractivity contribution in [3.05, 3.63) is 83.1 Å². The van der Waals surface area contributed by atoms with Crippen molar-refractivity contribution in [2.24, 2.45) is 0 Å². The molecule has 29 heavy (non-hydrogen) atoms. The summed E-state index contributed by atoms with van der Waals surface area (Å²) in [5.74, 6) is 1.00. The molecule has 0 aliphatic carbocycles. The highest BCUT2D eigenvalue weighted by Crippen LogP contribution is 2.28. The van der Waals surface area contributed by atoms with E-state index in [9.17, 15) is 4.79 Å². The lowest BCUT2D eigenvalue weighted by Gasteiger charge is -2.13. The first-order valence-corrected chi connectivity index (χ1v) is 11.1. The van der Waals surface area contributed by atoms with Crippen molar-refractivity contribution in [3.8, 4) is 17.1 Å². The van der Waals surface area contributed by atoms with E-state index in [0.717, 1.165) is 22.0 Å². The highest BCUT2D eigenvalue weighted by Gasteiger charge is 2.18. The van der Waals surface area contributed by atoms with Gasteiger partial charge in [0.1, 0.15) is 0 Å². The number of hydrogen-bond donors (Lipinski definition) is 1. The lowest BCUT2D eigenvalue weighted by atomic mass is 10.2. The Labute approximate surface area is 177 Å². The minimum absolute atomic E-state index is 0.00465. The topological polar surface area (TPSA) is 59.8 Å². The Bertz CT molecular complexity index is 1060. The van der Waals surface area contributed by atoms with E-state index in [-0.39, 0.29) is 17.7 Å². The van der Waals surface area contributed by atoms with Gasteiger partial charge in [0.15, 0.2) is 11.0 Å². The number of thioether (sulfide) groups is 1. The number of amides is 1. The molecule has 0 fully saturated rings. The number of nitrogens with one attached hydrogen (secondary N) is 1. The van der Waals surface area contributed by atoms with Gasteiger partial charge in [0, 0.05) is 16.1 Å². The predicted molar refractivity (Wildman–Crippen MR) is 118 cm³/mol. The van der Waals surface area contributed by atoms with Gasteiger partial charge in [0.2, 0.25) is 5.91 Å². The number of carbonyl (C=O) groups is 1. The van der Waals surface area contributed by atoms with Gasteiger partial charge in [0.05, 0.1) is 11.8 Å². The van der Waals surface area contributed by atoms with Crippen LogP contribution in [0.4, 0.5) is 0 Å². The standard InChI is InChI=1S/C22H20N4OS2/c1-16(19-13-8-14-28-19)23-20(27)15-29-22-25-24-21(17-9-4-2-5-10-17)26(22)18-11-6-3-7-12-18/h2-14,16H,15H2,1H3,(H,23,27). The van der Waals surface area contributed by atoms with Crippen LogP contribution in [0, 0.1) is 0 Å². The normalized spacial score (nSPS) is 11.9. The maximum absolute atomic E-state index is 12.5. The number of para-hydroxylation sites is 1. The van der Waals surface area contributed by atoms with Crippen LogP contribution in [0.3, 0.4) is 0 Å². The van der Waals surface area contributed by atoms with Gasteiger partial charge in [-0.15, -0.1) is 21.5 Å².